The maximum atomic E-state index is 12.7. The number of ether oxygens (including phenoxy) is 2. The van der Waals surface area contributed by atoms with Crippen LogP contribution in [0.2, 0.25) is 0 Å². The van der Waals surface area contributed by atoms with E-state index in [1.54, 1.807) is 11.3 Å². The van der Waals surface area contributed by atoms with E-state index < -0.39 is 5.25 Å². The fraction of sp³-hybridized carbons (Fsp3) is 0.632. The normalized spacial score (nSPS) is 17.7. The zero-order valence-corrected chi connectivity index (χ0v) is 17.6. The summed E-state index contributed by atoms with van der Waals surface area (Å²) in [4.78, 5) is 34.5. The molecule has 0 aliphatic heterocycles. The van der Waals surface area contributed by atoms with Crippen molar-refractivity contribution in [2.45, 2.75) is 56.9 Å². The Bertz CT molecular complexity index is 861. The van der Waals surface area contributed by atoms with Crippen LogP contribution in [0.5, 0.6) is 0 Å². The maximum Gasteiger partial charge on any atom is 0.319 e. The monoisotopic (exact) mass is 410 g/mol. The third kappa shape index (κ3) is 4.73. The molecule has 2 heterocycles. The lowest BCUT2D eigenvalue weighted by molar-refractivity contribution is -0.144. The standard InChI is InChI=1S/C19H26N2O4S2/c1-4-13(18(23)25-9-8-24-5-2)27-19-20-16(22)15-12-7-6-11(3)10-14(12)26-17(15)21-19/h11,13H,4-10H2,1-3H3,(H,20,21,22)/t11-,13-/m0/s1. The second-order valence-corrected chi connectivity index (χ2v) is 9.06. The highest BCUT2D eigenvalue weighted by Gasteiger charge is 2.25. The summed E-state index contributed by atoms with van der Waals surface area (Å²) in [5.74, 6) is 0.346. The largest absolute Gasteiger partial charge is 0.462 e. The molecule has 1 aliphatic rings. The Morgan fingerprint density at radius 2 is 2.22 bits per heavy atom. The summed E-state index contributed by atoms with van der Waals surface area (Å²) in [6.45, 7) is 7.29. The minimum Gasteiger partial charge on any atom is -0.462 e. The number of fused-ring (bicyclic) bond motifs is 3. The number of aryl methyl sites for hydroxylation is 1. The van der Waals surface area contributed by atoms with E-state index >= 15 is 0 Å². The highest BCUT2D eigenvalue weighted by molar-refractivity contribution is 8.00. The average Bonchev–Trinajstić information content (AvgIpc) is 3.00. The third-order valence-electron chi connectivity index (χ3n) is 4.71. The van der Waals surface area contributed by atoms with Crippen LogP contribution in [-0.2, 0) is 27.1 Å². The van der Waals surface area contributed by atoms with Crippen molar-refractivity contribution in [1.29, 1.82) is 0 Å². The van der Waals surface area contributed by atoms with Gasteiger partial charge >= 0.3 is 5.97 Å². The Kier molecular flexibility index (Phi) is 6.94. The molecule has 27 heavy (non-hydrogen) atoms. The van der Waals surface area contributed by atoms with Gasteiger partial charge in [-0.3, -0.25) is 9.59 Å². The Morgan fingerprint density at radius 3 is 2.96 bits per heavy atom. The molecule has 2 aromatic rings. The van der Waals surface area contributed by atoms with E-state index in [9.17, 15) is 9.59 Å². The maximum absolute atomic E-state index is 12.7. The molecule has 0 spiro atoms. The highest BCUT2D eigenvalue weighted by Crippen LogP contribution is 2.36. The number of hydrogen-bond donors (Lipinski definition) is 1. The molecule has 0 bridgehead atoms. The number of aromatic amines is 1. The number of hydrogen-bond acceptors (Lipinski definition) is 7. The lowest BCUT2D eigenvalue weighted by Crippen LogP contribution is -2.22. The molecule has 1 aliphatic carbocycles. The van der Waals surface area contributed by atoms with Crippen LogP contribution in [0, 0.1) is 5.92 Å². The number of thioether (sulfide) groups is 1. The Labute approximate surface area is 167 Å². The molecule has 8 heteroatoms. The molecule has 0 aromatic carbocycles. The summed E-state index contributed by atoms with van der Waals surface area (Å²) in [5.41, 5.74) is 1.06. The van der Waals surface area contributed by atoms with E-state index in [1.807, 2.05) is 13.8 Å². The number of nitrogens with zero attached hydrogens (tertiary/aromatic N) is 1. The summed E-state index contributed by atoms with van der Waals surface area (Å²) < 4.78 is 10.4. The first-order chi connectivity index (χ1) is 13.0. The molecule has 0 saturated heterocycles. The van der Waals surface area contributed by atoms with Gasteiger partial charge in [0.1, 0.15) is 16.7 Å². The van der Waals surface area contributed by atoms with Crippen LogP contribution < -0.4 is 5.56 Å². The van der Waals surface area contributed by atoms with Gasteiger partial charge < -0.3 is 14.5 Å². The minimum absolute atomic E-state index is 0.103. The number of rotatable bonds is 8. The van der Waals surface area contributed by atoms with Gasteiger partial charge in [0, 0.05) is 11.5 Å². The molecule has 148 valence electrons. The summed E-state index contributed by atoms with van der Waals surface area (Å²) in [6.07, 6.45) is 3.66. The van der Waals surface area contributed by atoms with Gasteiger partial charge in [0.25, 0.3) is 5.56 Å². The molecule has 1 N–H and O–H groups in total. The van der Waals surface area contributed by atoms with Crippen molar-refractivity contribution in [3.8, 4) is 0 Å². The molecule has 0 radical (unpaired) electrons. The summed E-state index contributed by atoms with van der Waals surface area (Å²) >= 11 is 2.88. The number of aromatic nitrogens is 2. The topological polar surface area (TPSA) is 81.3 Å². The summed E-state index contributed by atoms with van der Waals surface area (Å²) in [6, 6.07) is 0. The van der Waals surface area contributed by atoms with Gasteiger partial charge in [-0.05, 0) is 44.1 Å². The quantitative estimate of drug-likeness (QED) is 0.310. The van der Waals surface area contributed by atoms with Crippen LogP contribution in [0.25, 0.3) is 10.2 Å². The first-order valence-corrected chi connectivity index (χ1v) is 11.2. The Morgan fingerprint density at radius 1 is 1.41 bits per heavy atom. The molecule has 0 saturated carbocycles. The van der Waals surface area contributed by atoms with Gasteiger partial charge in [-0.15, -0.1) is 11.3 Å². The van der Waals surface area contributed by atoms with Gasteiger partial charge in [0.2, 0.25) is 0 Å². The van der Waals surface area contributed by atoms with Gasteiger partial charge in [0.15, 0.2) is 5.16 Å². The van der Waals surface area contributed by atoms with Crippen LogP contribution in [0.15, 0.2) is 9.95 Å². The fourth-order valence-corrected chi connectivity index (χ4v) is 5.59. The molecular formula is C19H26N2O4S2. The van der Waals surface area contributed by atoms with Crippen molar-refractivity contribution in [1.82, 2.24) is 9.97 Å². The molecule has 2 aromatic heterocycles. The van der Waals surface area contributed by atoms with Crippen LogP contribution in [0.3, 0.4) is 0 Å². The Balaban J connectivity index is 1.76. The van der Waals surface area contributed by atoms with Gasteiger partial charge in [-0.1, -0.05) is 25.6 Å². The third-order valence-corrected chi connectivity index (χ3v) is 7.08. The average molecular weight is 411 g/mol. The zero-order chi connectivity index (χ0) is 19.4. The highest BCUT2D eigenvalue weighted by atomic mass is 32.2. The lowest BCUT2D eigenvalue weighted by Gasteiger charge is -2.17. The summed E-state index contributed by atoms with van der Waals surface area (Å²) in [5, 5.41) is 0.813. The van der Waals surface area contributed by atoms with Crippen molar-refractivity contribution < 1.29 is 14.3 Å². The van der Waals surface area contributed by atoms with Crippen molar-refractivity contribution >= 4 is 39.3 Å². The number of thiophene rings is 1. The molecule has 6 nitrogen and oxygen atoms in total. The van der Waals surface area contributed by atoms with Gasteiger partial charge in [-0.25, -0.2) is 4.98 Å². The molecule has 0 fully saturated rings. The second-order valence-electron chi connectivity index (χ2n) is 6.78. The molecular weight excluding hydrogens is 384 g/mol. The van der Waals surface area contributed by atoms with E-state index in [1.165, 1.54) is 22.2 Å². The predicted octanol–water partition coefficient (Wildman–Crippen LogP) is 3.56. The smallest absolute Gasteiger partial charge is 0.319 e. The van der Waals surface area contributed by atoms with Crippen molar-refractivity contribution in [3.05, 3.63) is 20.8 Å². The van der Waals surface area contributed by atoms with Crippen molar-refractivity contribution in [2.24, 2.45) is 5.92 Å². The number of H-pyrrole nitrogens is 1. The molecule has 3 rings (SSSR count). The van der Waals surface area contributed by atoms with Crippen molar-refractivity contribution in [3.63, 3.8) is 0 Å². The van der Waals surface area contributed by atoms with Gasteiger partial charge in [0.05, 0.1) is 12.0 Å². The number of carbonyl (C=O) groups excluding carboxylic acids is 1. The van der Waals surface area contributed by atoms with E-state index in [4.69, 9.17) is 9.47 Å². The van der Waals surface area contributed by atoms with Crippen LogP contribution >= 0.6 is 23.1 Å². The molecule has 0 amide bonds. The van der Waals surface area contributed by atoms with Crippen molar-refractivity contribution in [2.75, 3.05) is 19.8 Å². The summed E-state index contributed by atoms with van der Waals surface area (Å²) in [7, 11) is 0. The number of nitrogens with one attached hydrogen (secondary N) is 1. The van der Waals surface area contributed by atoms with E-state index in [-0.39, 0.29) is 18.1 Å². The molecule has 2 atom stereocenters. The molecule has 0 unspecified atom stereocenters. The fourth-order valence-electron chi connectivity index (χ4n) is 3.26. The van der Waals surface area contributed by atoms with Gasteiger partial charge in [-0.2, -0.15) is 0 Å². The van der Waals surface area contributed by atoms with Crippen LogP contribution in [-0.4, -0.2) is 41.0 Å². The lowest BCUT2D eigenvalue weighted by atomic mass is 9.89. The minimum atomic E-state index is -0.401. The van der Waals surface area contributed by atoms with E-state index in [2.05, 4.69) is 16.9 Å². The SMILES string of the molecule is CCOCCOC(=O)[C@H](CC)Sc1nc2sc3c(c2c(=O)[nH]1)CC[C@H](C)C3. The Hall–Kier alpha value is -1.38. The number of esters is 1. The van der Waals surface area contributed by atoms with Crippen LogP contribution in [0.1, 0.15) is 44.1 Å². The second kappa shape index (κ2) is 9.21. The first-order valence-electron chi connectivity index (χ1n) is 9.49. The zero-order valence-electron chi connectivity index (χ0n) is 16.0. The predicted molar refractivity (Wildman–Crippen MR) is 109 cm³/mol. The first kappa shape index (κ1) is 20.4. The number of carbonyl (C=O) groups is 1. The van der Waals surface area contributed by atoms with E-state index in [0.717, 1.165) is 29.5 Å². The van der Waals surface area contributed by atoms with E-state index in [0.29, 0.717) is 30.7 Å². The van der Waals surface area contributed by atoms with Crippen LogP contribution in [0.4, 0.5) is 0 Å².